The van der Waals surface area contributed by atoms with Crippen molar-refractivity contribution in [1.29, 1.82) is 0 Å². The molecule has 0 atom stereocenters. The van der Waals surface area contributed by atoms with Crippen molar-refractivity contribution in [2.45, 2.75) is 6.42 Å². The van der Waals surface area contributed by atoms with Gasteiger partial charge in [-0.05, 0) is 75.5 Å². The molecule has 102 valence electrons. The number of hydrogen-bond donors (Lipinski definition) is 0. The van der Waals surface area contributed by atoms with Crippen LogP contribution in [-0.4, -0.2) is 15.4 Å². The lowest BCUT2D eigenvalue weighted by Crippen LogP contribution is -2.03. The highest BCUT2D eigenvalue weighted by molar-refractivity contribution is 14.1. The van der Waals surface area contributed by atoms with Gasteiger partial charge in [0.05, 0.1) is 16.7 Å². The molecule has 20 heavy (non-hydrogen) atoms. The summed E-state index contributed by atoms with van der Waals surface area (Å²) in [6.07, 6.45) is 0.762. The maximum Gasteiger partial charge on any atom is 0.115 e. The second-order valence-corrected chi connectivity index (χ2v) is 7.17. The van der Waals surface area contributed by atoms with Crippen molar-refractivity contribution < 1.29 is 0 Å². The highest BCUT2D eigenvalue weighted by atomic mass is 127. The van der Waals surface area contributed by atoms with Crippen molar-refractivity contribution in [3.05, 3.63) is 55.4 Å². The van der Waals surface area contributed by atoms with Crippen LogP contribution in [0.1, 0.15) is 5.82 Å². The molecule has 5 heteroatoms. The quantitative estimate of drug-likeness (QED) is 0.359. The number of alkyl halides is 1. The molecule has 0 unspecified atom stereocenters. The summed E-state index contributed by atoms with van der Waals surface area (Å²) in [6.45, 7) is 0. The summed E-state index contributed by atoms with van der Waals surface area (Å²) < 4.78 is 4.62. The fourth-order valence-electron chi connectivity index (χ4n) is 2.26. The van der Waals surface area contributed by atoms with E-state index in [1.165, 1.54) is 7.14 Å². The maximum absolute atomic E-state index is 5.94. The number of hydrogen-bond acceptors (Lipinski definition) is 1. The lowest BCUT2D eigenvalue weighted by Gasteiger charge is -2.10. The van der Waals surface area contributed by atoms with Crippen LogP contribution in [0.3, 0.4) is 0 Å². The Kier molecular flexibility index (Phi) is 4.52. The lowest BCUT2D eigenvalue weighted by molar-refractivity contribution is 0.909. The average Bonchev–Trinajstić information content (AvgIpc) is 2.77. The maximum atomic E-state index is 5.94. The third-order valence-corrected chi connectivity index (χ3v) is 4.87. The Balaban J connectivity index is 2.32. The molecule has 0 radical (unpaired) electrons. The van der Waals surface area contributed by atoms with Gasteiger partial charge < -0.3 is 0 Å². The molecule has 0 saturated carbocycles. The fraction of sp³-hybridized carbons (Fsp3) is 0.133. The van der Waals surface area contributed by atoms with Gasteiger partial charge in [0.1, 0.15) is 5.82 Å². The minimum Gasteiger partial charge on any atom is -0.295 e. The molecular weight excluding hydrogens is 497 g/mol. The first-order valence-corrected chi connectivity index (χ1v) is 8.87. The van der Waals surface area contributed by atoms with Gasteiger partial charge in [0.25, 0.3) is 0 Å². The van der Waals surface area contributed by atoms with Gasteiger partial charge in [-0.15, -0.1) is 11.6 Å². The molecule has 0 amide bonds. The Morgan fingerprint density at radius 3 is 2.65 bits per heavy atom. The number of para-hydroxylation sites is 1. The molecule has 3 aromatic rings. The van der Waals surface area contributed by atoms with Crippen molar-refractivity contribution in [2.75, 3.05) is 5.88 Å². The highest BCUT2D eigenvalue weighted by Gasteiger charge is 2.13. The number of rotatable bonds is 3. The Labute approximate surface area is 149 Å². The minimum absolute atomic E-state index is 0.573. The zero-order valence-electron chi connectivity index (χ0n) is 10.5. The number of imidazole rings is 1. The van der Waals surface area contributed by atoms with E-state index in [0.717, 1.165) is 29.0 Å². The molecule has 0 bridgehead atoms. The van der Waals surface area contributed by atoms with Gasteiger partial charge in [0.2, 0.25) is 0 Å². The lowest BCUT2D eigenvalue weighted by atomic mass is 10.2. The second-order valence-electron chi connectivity index (χ2n) is 4.39. The van der Waals surface area contributed by atoms with Crippen molar-refractivity contribution in [3.63, 3.8) is 0 Å². The van der Waals surface area contributed by atoms with Gasteiger partial charge >= 0.3 is 0 Å². The van der Waals surface area contributed by atoms with Crippen molar-refractivity contribution in [3.8, 4) is 5.69 Å². The monoisotopic (exact) mass is 508 g/mol. The van der Waals surface area contributed by atoms with Crippen LogP contribution in [0, 0.1) is 7.14 Å². The zero-order chi connectivity index (χ0) is 14.1. The van der Waals surface area contributed by atoms with Crippen LogP contribution >= 0.6 is 56.8 Å². The van der Waals surface area contributed by atoms with Crippen LogP contribution in [0.15, 0.2) is 42.5 Å². The van der Waals surface area contributed by atoms with Gasteiger partial charge in [0, 0.05) is 19.4 Å². The molecule has 1 heterocycles. The van der Waals surface area contributed by atoms with Gasteiger partial charge in [-0.3, -0.25) is 4.57 Å². The SMILES string of the molecule is ClCCc1nc2cc(I)ccc2n1-c1ccccc1I. The normalized spacial score (nSPS) is 11.2. The number of aromatic nitrogens is 2. The van der Waals surface area contributed by atoms with E-state index in [1.54, 1.807) is 0 Å². The van der Waals surface area contributed by atoms with E-state index in [9.17, 15) is 0 Å². The Morgan fingerprint density at radius 1 is 1.10 bits per heavy atom. The molecular formula is C15H11ClI2N2. The number of halogens is 3. The van der Waals surface area contributed by atoms with Crippen LogP contribution < -0.4 is 0 Å². The van der Waals surface area contributed by atoms with E-state index in [-0.39, 0.29) is 0 Å². The first-order chi connectivity index (χ1) is 9.70. The molecule has 0 aliphatic carbocycles. The van der Waals surface area contributed by atoms with Crippen molar-refractivity contribution in [1.82, 2.24) is 9.55 Å². The average molecular weight is 509 g/mol. The topological polar surface area (TPSA) is 17.8 Å². The smallest absolute Gasteiger partial charge is 0.115 e. The molecule has 0 aliphatic heterocycles. The first-order valence-electron chi connectivity index (χ1n) is 6.18. The number of aryl methyl sites for hydroxylation is 1. The highest BCUT2D eigenvalue weighted by Crippen LogP contribution is 2.26. The molecule has 0 saturated heterocycles. The van der Waals surface area contributed by atoms with Crippen molar-refractivity contribution >= 4 is 67.8 Å². The third kappa shape index (κ3) is 2.69. The van der Waals surface area contributed by atoms with Crippen molar-refractivity contribution in [2.24, 2.45) is 0 Å². The first kappa shape index (κ1) is 14.6. The predicted octanol–water partition coefficient (Wildman–Crippen LogP) is 5.02. The molecule has 0 fully saturated rings. The van der Waals surface area contributed by atoms with Gasteiger partial charge in [-0.25, -0.2) is 4.98 Å². The fourth-order valence-corrected chi connectivity index (χ4v) is 3.53. The van der Waals surface area contributed by atoms with E-state index in [0.29, 0.717) is 5.88 Å². The Hall–Kier alpha value is -0.340. The summed E-state index contributed by atoms with van der Waals surface area (Å²) in [7, 11) is 0. The van der Waals surface area contributed by atoms with E-state index in [1.807, 2.05) is 0 Å². The Morgan fingerprint density at radius 2 is 1.90 bits per heavy atom. The largest absolute Gasteiger partial charge is 0.295 e. The number of benzene rings is 2. The van der Waals surface area contributed by atoms with Crippen LogP contribution in [-0.2, 0) is 6.42 Å². The number of nitrogens with zero attached hydrogens (tertiary/aromatic N) is 2. The third-order valence-electron chi connectivity index (χ3n) is 3.10. The second kappa shape index (κ2) is 6.19. The summed E-state index contributed by atoms with van der Waals surface area (Å²) in [4.78, 5) is 4.75. The number of fused-ring (bicyclic) bond motifs is 1. The molecule has 0 N–H and O–H groups in total. The van der Waals surface area contributed by atoms with E-state index in [2.05, 4.69) is 92.2 Å². The van der Waals surface area contributed by atoms with Gasteiger partial charge in [0.15, 0.2) is 0 Å². The van der Waals surface area contributed by atoms with Gasteiger partial charge in [-0.1, -0.05) is 12.1 Å². The molecule has 3 rings (SSSR count). The predicted molar refractivity (Wildman–Crippen MR) is 101 cm³/mol. The Bertz CT molecular complexity index is 768. The molecule has 2 aromatic carbocycles. The summed E-state index contributed by atoms with van der Waals surface area (Å²) in [5.41, 5.74) is 3.32. The molecule has 0 spiro atoms. The zero-order valence-corrected chi connectivity index (χ0v) is 15.6. The van der Waals surface area contributed by atoms with E-state index in [4.69, 9.17) is 16.6 Å². The van der Waals surface area contributed by atoms with Crippen LogP contribution in [0.4, 0.5) is 0 Å². The molecule has 2 nitrogen and oxygen atoms in total. The summed E-state index contributed by atoms with van der Waals surface area (Å²) in [5.74, 6) is 1.59. The standard InChI is InChI=1S/C15H11ClI2N2/c16-8-7-15-19-12-9-10(17)5-6-14(12)20(15)13-4-2-1-3-11(13)18/h1-6,9H,7-8H2. The molecule has 1 aromatic heterocycles. The summed E-state index contributed by atoms with van der Waals surface area (Å²) in [6, 6.07) is 14.7. The van der Waals surface area contributed by atoms with Crippen LogP contribution in [0.2, 0.25) is 0 Å². The summed E-state index contributed by atoms with van der Waals surface area (Å²) >= 11 is 10.6. The van der Waals surface area contributed by atoms with E-state index >= 15 is 0 Å². The molecule has 0 aliphatic rings. The van der Waals surface area contributed by atoms with Crippen LogP contribution in [0.25, 0.3) is 16.7 Å². The minimum atomic E-state index is 0.573. The summed E-state index contributed by atoms with van der Waals surface area (Å²) in [5, 5.41) is 0. The van der Waals surface area contributed by atoms with Gasteiger partial charge in [-0.2, -0.15) is 0 Å². The van der Waals surface area contributed by atoms with Crippen LogP contribution in [0.5, 0.6) is 0 Å². The van der Waals surface area contributed by atoms with E-state index < -0.39 is 0 Å².